The summed E-state index contributed by atoms with van der Waals surface area (Å²) < 4.78 is 14.7. The first kappa shape index (κ1) is 42.7. The van der Waals surface area contributed by atoms with E-state index in [4.69, 9.17) is 14.5 Å². The molecule has 4 aliphatic heterocycles. The van der Waals surface area contributed by atoms with Crippen LogP contribution in [0, 0.1) is 21.4 Å². The number of hydrogen-bond acceptors (Lipinski definition) is 12. The number of pyridine rings is 2. The number of ether oxygens (including phenoxy) is 2. The number of hydrogen-bond donors (Lipinski definition) is 3. The van der Waals surface area contributed by atoms with Crippen molar-refractivity contribution in [2.24, 2.45) is 11.3 Å². The van der Waals surface area contributed by atoms with Crippen molar-refractivity contribution in [3.63, 3.8) is 0 Å². The Kier molecular flexibility index (Phi) is 12.2. The van der Waals surface area contributed by atoms with Crippen molar-refractivity contribution < 1.29 is 19.2 Å². The average molecular weight is 886 g/mol. The van der Waals surface area contributed by atoms with Crippen LogP contribution in [0.3, 0.4) is 0 Å². The second-order valence-electron chi connectivity index (χ2n) is 19.0. The van der Waals surface area contributed by atoms with E-state index in [1.807, 2.05) is 24.4 Å². The summed E-state index contributed by atoms with van der Waals surface area (Å²) >= 11 is 1.03. The van der Waals surface area contributed by atoms with Crippen molar-refractivity contribution in [1.82, 2.24) is 29.5 Å². The van der Waals surface area contributed by atoms with Crippen LogP contribution in [0.4, 0.5) is 17.2 Å². The number of amides is 1. The second-order valence-corrected chi connectivity index (χ2v) is 19.9. The first-order valence-corrected chi connectivity index (χ1v) is 24.0. The van der Waals surface area contributed by atoms with Crippen molar-refractivity contribution in [2.75, 3.05) is 62.7 Å². The van der Waals surface area contributed by atoms with E-state index in [-0.39, 0.29) is 16.2 Å². The van der Waals surface area contributed by atoms with E-state index in [1.165, 1.54) is 49.4 Å². The third kappa shape index (κ3) is 8.91. The summed E-state index contributed by atoms with van der Waals surface area (Å²) in [5, 5.41) is 16.4. The molecule has 336 valence electrons. The third-order valence-electron chi connectivity index (χ3n) is 14.7. The van der Waals surface area contributed by atoms with Gasteiger partial charge in [0.1, 0.15) is 34.2 Å². The molecule has 15 heteroatoms. The van der Waals surface area contributed by atoms with Gasteiger partial charge in [-0.25, -0.2) is 9.97 Å². The zero-order chi connectivity index (χ0) is 43.8. The van der Waals surface area contributed by atoms with Gasteiger partial charge in [-0.3, -0.25) is 29.4 Å². The zero-order valence-corrected chi connectivity index (χ0v) is 37.7. The lowest BCUT2D eigenvalue weighted by Crippen LogP contribution is -2.55. The Morgan fingerprint density at radius 3 is 2.56 bits per heavy atom. The molecular formula is C49H59N9O5S. The summed E-state index contributed by atoms with van der Waals surface area (Å²) in [4.78, 5) is 46.4. The van der Waals surface area contributed by atoms with Crippen LogP contribution >= 0.6 is 11.9 Å². The van der Waals surface area contributed by atoms with Crippen LogP contribution in [-0.4, -0.2) is 100 Å². The molecule has 1 aliphatic carbocycles. The largest absolute Gasteiger partial charge is 0.455 e. The van der Waals surface area contributed by atoms with E-state index >= 15 is 0 Å². The third-order valence-corrected chi connectivity index (χ3v) is 15.5. The fraction of sp³-hybridized carbons (Fsp3) is 0.490. The Morgan fingerprint density at radius 1 is 0.984 bits per heavy atom. The number of anilines is 2. The van der Waals surface area contributed by atoms with Gasteiger partial charge >= 0.3 is 0 Å². The minimum Gasteiger partial charge on any atom is -0.455 e. The number of carbonyl (C=O) groups excluding carboxylic acids is 1. The molecule has 1 saturated carbocycles. The fourth-order valence-electron chi connectivity index (χ4n) is 10.9. The van der Waals surface area contributed by atoms with Crippen LogP contribution < -0.4 is 19.7 Å². The van der Waals surface area contributed by atoms with E-state index in [0.717, 1.165) is 93.9 Å². The number of likely N-dealkylation sites (tertiary alicyclic amines) is 2. The molecule has 64 heavy (non-hydrogen) atoms. The molecule has 0 bridgehead atoms. The standard InChI is InChI=1S/C49H59N9O5S/c1-32(2)39-6-3-4-7-40(39)43-8-5-17-57(43)35-25-49(26-35)14-20-56(21-15-49)46-24-45(63-37-22-34-11-16-50-47(34)53-28-37)41(29-52-46)48(59)54-64-38-9-10-42(44(23-38)58(60)61)51-27-33-12-18-55(19-13-33)36-30-62-31-36/h3-4,6-7,9-11,16,22-24,28-29,32-33,35-36,43,51H,5,8,12-15,17-21,25-27,30-31H2,1-2H3,(H,50,53)(H,54,59). The Hall–Kier alpha value is -5.22. The van der Waals surface area contributed by atoms with Gasteiger partial charge in [-0.05, 0) is 136 Å². The summed E-state index contributed by atoms with van der Waals surface area (Å²) in [5.74, 6) is 2.17. The molecule has 1 atom stereocenters. The second kappa shape index (κ2) is 18.3. The van der Waals surface area contributed by atoms with Gasteiger partial charge in [0.25, 0.3) is 11.6 Å². The number of H-pyrrole nitrogens is 1. The van der Waals surface area contributed by atoms with Gasteiger partial charge in [0.05, 0.1) is 30.4 Å². The highest BCUT2D eigenvalue weighted by Crippen LogP contribution is 2.54. The minimum absolute atomic E-state index is 0.0284. The molecule has 5 aromatic rings. The maximum Gasteiger partial charge on any atom is 0.293 e. The lowest BCUT2D eigenvalue weighted by atomic mass is 9.60. The smallest absolute Gasteiger partial charge is 0.293 e. The zero-order valence-electron chi connectivity index (χ0n) is 36.8. The van der Waals surface area contributed by atoms with E-state index in [1.54, 1.807) is 24.5 Å². The average Bonchev–Trinajstić information content (AvgIpc) is 3.97. The van der Waals surface area contributed by atoms with Gasteiger partial charge in [0.2, 0.25) is 0 Å². The molecule has 4 saturated heterocycles. The van der Waals surface area contributed by atoms with Crippen LogP contribution in [0.2, 0.25) is 0 Å². The van der Waals surface area contributed by atoms with Crippen molar-refractivity contribution in [3.05, 3.63) is 106 Å². The van der Waals surface area contributed by atoms with Crippen molar-refractivity contribution in [1.29, 1.82) is 0 Å². The molecule has 14 nitrogen and oxygen atoms in total. The van der Waals surface area contributed by atoms with Crippen LogP contribution in [0.5, 0.6) is 11.5 Å². The van der Waals surface area contributed by atoms with Gasteiger partial charge in [-0.2, -0.15) is 0 Å². The van der Waals surface area contributed by atoms with Gasteiger partial charge < -0.3 is 24.7 Å². The first-order chi connectivity index (χ1) is 31.2. The predicted octanol–water partition coefficient (Wildman–Crippen LogP) is 9.33. The molecule has 0 radical (unpaired) electrons. The first-order valence-electron chi connectivity index (χ1n) is 23.2. The summed E-state index contributed by atoms with van der Waals surface area (Å²) in [5.41, 5.74) is 4.81. The fourth-order valence-corrected chi connectivity index (χ4v) is 11.5. The van der Waals surface area contributed by atoms with Crippen LogP contribution in [0.25, 0.3) is 11.0 Å². The Labute approximate surface area is 379 Å². The number of aromatic nitrogens is 3. The molecule has 1 spiro atoms. The summed E-state index contributed by atoms with van der Waals surface area (Å²) in [7, 11) is 0. The molecule has 1 unspecified atom stereocenters. The molecule has 7 heterocycles. The quantitative estimate of drug-likeness (QED) is 0.0553. The van der Waals surface area contributed by atoms with E-state index in [9.17, 15) is 14.9 Å². The molecule has 2 aromatic carbocycles. The summed E-state index contributed by atoms with van der Waals surface area (Å²) in [6.07, 6.45) is 14.3. The Morgan fingerprint density at radius 2 is 1.80 bits per heavy atom. The van der Waals surface area contributed by atoms with E-state index < -0.39 is 5.91 Å². The number of rotatable bonds is 14. The van der Waals surface area contributed by atoms with Gasteiger partial charge in [-0.15, -0.1) is 0 Å². The molecule has 3 N–H and O–H groups in total. The molecule has 1 amide bonds. The van der Waals surface area contributed by atoms with E-state index in [0.29, 0.717) is 64.0 Å². The number of aromatic amines is 1. The molecular weight excluding hydrogens is 827 g/mol. The number of fused-ring (bicyclic) bond motifs is 1. The number of nitrogens with one attached hydrogen (secondary N) is 3. The lowest BCUT2D eigenvalue weighted by Gasteiger charge is -2.56. The number of nitro benzene ring substituents is 1. The lowest BCUT2D eigenvalue weighted by molar-refractivity contribution is -0.384. The number of benzene rings is 2. The predicted molar refractivity (Wildman–Crippen MR) is 250 cm³/mol. The van der Waals surface area contributed by atoms with Crippen molar-refractivity contribution >= 4 is 46.1 Å². The maximum absolute atomic E-state index is 13.9. The topological polar surface area (TPSA) is 154 Å². The van der Waals surface area contributed by atoms with Gasteiger partial charge in [-0.1, -0.05) is 38.1 Å². The minimum atomic E-state index is -0.422. The highest BCUT2D eigenvalue weighted by Gasteiger charge is 2.50. The Bertz CT molecular complexity index is 2470. The molecule has 5 aliphatic rings. The van der Waals surface area contributed by atoms with E-state index in [2.05, 4.69) is 72.8 Å². The molecule has 5 fully saturated rings. The van der Waals surface area contributed by atoms with Gasteiger partial charge in [0.15, 0.2) is 0 Å². The highest BCUT2D eigenvalue weighted by atomic mass is 32.2. The van der Waals surface area contributed by atoms with Crippen LogP contribution in [0.1, 0.15) is 98.7 Å². The van der Waals surface area contributed by atoms with Crippen LogP contribution in [-0.2, 0) is 4.74 Å². The van der Waals surface area contributed by atoms with Crippen molar-refractivity contribution in [3.8, 4) is 11.5 Å². The van der Waals surface area contributed by atoms with Gasteiger partial charge in [0, 0.05) is 66.5 Å². The SMILES string of the molecule is CC(C)c1ccccc1C1CCCN1C1CC2(CCN(c3cc(Oc4cnc5[nH]ccc5c4)c(C(=O)NSc4ccc(NCC5CCN(C6COC6)CC5)c([N+](=O)[O-])c4)cn3)CC2)C1. The number of nitro groups is 1. The highest BCUT2D eigenvalue weighted by molar-refractivity contribution is 7.98. The molecule has 3 aromatic heterocycles. The number of carbonyl (C=O) groups is 1. The number of nitrogens with zero attached hydrogens (tertiary/aromatic N) is 6. The Balaban J connectivity index is 0.791. The monoisotopic (exact) mass is 885 g/mol. The van der Waals surface area contributed by atoms with Crippen molar-refractivity contribution in [2.45, 2.75) is 94.2 Å². The summed E-state index contributed by atoms with van der Waals surface area (Å²) in [6.45, 7) is 11.9. The summed E-state index contributed by atoms with van der Waals surface area (Å²) in [6, 6.07) is 21.5. The maximum atomic E-state index is 13.9. The normalized spacial score (nSPS) is 21.0. The number of piperidine rings is 2. The molecule has 10 rings (SSSR count). The van der Waals surface area contributed by atoms with Crippen LogP contribution in [0.15, 0.2) is 84.1 Å².